The number of hydrogen-bond acceptors (Lipinski definition) is 2. The van der Waals surface area contributed by atoms with E-state index in [-0.39, 0.29) is 0 Å². The molecule has 4 rings (SSSR count). The molecule has 0 saturated heterocycles. The predicted molar refractivity (Wildman–Crippen MR) is 90.3 cm³/mol. The molecule has 1 aromatic carbocycles. The van der Waals surface area contributed by atoms with Crippen LogP contribution < -0.4 is 5.32 Å². The average Bonchev–Trinajstić information content (AvgIpc) is 3.01. The molecule has 110 valence electrons. The highest BCUT2D eigenvalue weighted by molar-refractivity contribution is 7.12. The normalized spacial score (nSPS) is 19.3. The molecule has 2 heteroatoms. The second kappa shape index (κ2) is 5.58. The largest absolute Gasteiger partial charge is 0.309 e. The summed E-state index contributed by atoms with van der Waals surface area (Å²) >= 11 is 2.01. The van der Waals surface area contributed by atoms with Gasteiger partial charge < -0.3 is 5.32 Å². The van der Waals surface area contributed by atoms with Crippen LogP contribution in [0.25, 0.3) is 0 Å². The number of fused-ring (bicyclic) bond motifs is 1. The third-order valence-corrected chi connectivity index (χ3v) is 6.49. The Balaban J connectivity index is 1.59. The minimum atomic E-state index is 0.357. The van der Waals surface area contributed by atoms with Crippen LogP contribution in [0.2, 0.25) is 0 Å². The SMILES string of the molecule is CNC(c1ccc(C2CCC2)cc1)c1cc2c(s1)CCC2. The van der Waals surface area contributed by atoms with E-state index >= 15 is 0 Å². The van der Waals surface area contributed by atoms with Crippen molar-refractivity contribution < 1.29 is 0 Å². The van der Waals surface area contributed by atoms with E-state index in [1.807, 2.05) is 11.3 Å². The maximum absolute atomic E-state index is 3.51. The van der Waals surface area contributed by atoms with Gasteiger partial charge in [0.05, 0.1) is 6.04 Å². The van der Waals surface area contributed by atoms with Crippen molar-refractivity contribution in [2.45, 2.75) is 50.5 Å². The molecule has 2 aliphatic carbocycles. The van der Waals surface area contributed by atoms with Crippen LogP contribution in [0.15, 0.2) is 30.3 Å². The molecule has 2 aliphatic rings. The van der Waals surface area contributed by atoms with E-state index in [1.165, 1.54) is 54.5 Å². The van der Waals surface area contributed by atoms with Crippen molar-refractivity contribution in [3.05, 3.63) is 56.8 Å². The van der Waals surface area contributed by atoms with Gasteiger partial charge in [-0.25, -0.2) is 0 Å². The van der Waals surface area contributed by atoms with Gasteiger partial charge in [0.1, 0.15) is 0 Å². The van der Waals surface area contributed by atoms with Gasteiger partial charge in [0.2, 0.25) is 0 Å². The number of thiophene rings is 1. The molecule has 1 aromatic heterocycles. The molecule has 0 aliphatic heterocycles. The van der Waals surface area contributed by atoms with Crippen molar-refractivity contribution in [1.29, 1.82) is 0 Å². The van der Waals surface area contributed by atoms with Crippen LogP contribution in [0.3, 0.4) is 0 Å². The first-order valence-electron chi connectivity index (χ1n) is 8.24. The Kier molecular flexibility index (Phi) is 3.60. The van der Waals surface area contributed by atoms with Gasteiger partial charge in [-0.15, -0.1) is 11.3 Å². The van der Waals surface area contributed by atoms with E-state index < -0.39 is 0 Å². The quantitative estimate of drug-likeness (QED) is 0.853. The first-order valence-corrected chi connectivity index (χ1v) is 9.05. The maximum Gasteiger partial charge on any atom is 0.0668 e. The molecule has 1 saturated carbocycles. The first kappa shape index (κ1) is 13.5. The van der Waals surface area contributed by atoms with Crippen molar-refractivity contribution in [2.75, 3.05) is 7.05 Å². The van der Waals surface area contributed by atoms with E-state index in [1.54, 1.807) is 10.4 Å². The minimum Gasteiger partial charge on any atom is -0.309 e. The zero-order valence-corrected chi connectivity index (χ0v) is 13.5. The lowest BCUT2D eigenvalue weighted by Crippen LogP contribution is -2.17. The van der Waals surface area contributed by atoms with Crippen molar-refractivity contribution in [3.8, 4) is 0 Å². The summed E-state index contributed by atoms with van der Waals surface area (Å²) in [6.45, 7) is 0. The molecule has 0 spiro atoms. The fourth-order valence-corrected chi connectivity index (χ4v) is 5.07. The number of benzene rings is 1. The monoisotopic (exact) mass is 297 g/mol. The second-order valence-electron chi connectivity index (χ2n) is 6.47. The van der Waals surface area contributed by atoms with Gasteiger partial charge in [0, 0.05) is 9.75 Å². The summed E-state index contributed by atoms with van der Waals surface area (Å²) in [5.41, 5.74) is 4.54. The van der Waals surface area contributed by atoms with Crippen LogP contribution in [-0.2, 0) is 12.8 Å². The molecule has 1 atom stereocenters. The molecule has 0 radical (unpaired) electrons. The van der Waals surface area contributed by atoms with Crippen LogP contribution in [0.4, 0.5) is 0 Å². The van der Waals surface area contributed by atoms with E-state index in [9.17, 15) is 0 Å². The van der Waals surface area contributed by atoms with Gasteiger partial charge in [0.15, 0.2) is 0 Å². The Morgan fingerprint density at radius 2 is 1.90 bits per heavy atom. The summed E-state index contributed by atoms with van der Waals surface area (Å²) in [5, 5.41) is 3.51. The van der Waals surface area contributed by atoms with Crippen LogP contribution in [-0.4, -0.2) is 7.05 Å². The minimum absolute atomic E-state index is 0.357. The van der Waals surface area contributed by atoms with Crippen LogP contribution in [0, 0.1) is 0 Å². The smallest absolute Gasteiger partial charge is 0.0668 e. The third kappa shape index (κ3) is 2.45. The molecule has 21 heavy (non-hydrogen) atoms. The standard InChI is InChI=1S/C19H23NS/c1-20-19(18-12-16-6-3-7-17(16)21-18)15-10-8-14(9-11-15)13-4-2-5-13/h8-13,19-20H,2-7H2,1H3. The molecule has 1 N–H and O–H groups in total. The highest BCUT2D eigenvalue weighted by Crippen LogP contribution is 2.38. The van der Waals surface area contributed by atoms with E-state index in [2.05, 4.69) is 42.7 Å². The number of aryl methyl sites for hydroxylation is 2. The van der Waals surface area contributed by atoms with Crippen LogP contribution in [0.1, 0.15) is 64.1 Å². The molecule has 2 aromatic rings. The highest BCUT2D eigenvalue weighted by Gasteiger charge is 2.22. The molecule has 0 bridgehead atoms. The topological polar surface area (TPSA) is 12.0 Å². The highest BCUT2D eigenvalue weighted by atomic mass is 32.1. The Bertz CT molecular complexity index is 600. The molecule has 0 amide bonds. The summed E-state index contributed by atoms with van der Waals surface area (Å²) in [5.74, 6) is 0.831. The molecular formula is C19H23NS. The van der Waals surface area contributed by atoms with Gasteiger partial charge in [-0.1, -0.05) is 30.7 Å². The number of nitrogens with one attached hydrogen (secondary N) is 1. The van der Waals surface area contributed by atoms with Gasteiger partial charge >= 0.3 is 0 Å². The van der Waals surface area contributed by atoms with E-state index in [4.69, 9.17) is 0 Å². The molecule has 1 unspecified atom stereocenters. The summed E-state index contributed by atoms with van der Waals surface area (Å²) in [7, 11) is 2.08. The van der Waals surface area contributed by atoms with Crippen LogP contribution in [0.5, 0.6) is 0 Å². The van der Waals surface area contributed by atoms with Gasteiger partial charge in [-0.3, -0.25) is 0 Å². The molecular weight excluding hydrogens is 274 g/mol. The number of hydrogen-bond donors (Lipinski definition) is 1. The van der Waals surface area contributed by atoms with Gasteiger partial charge in [0.25, 0.3) is 0 Å². The lowest BCUT2D eigenvalue weighted by atomic mass is 9.80. The van der Waals surface area contributed by atoms with E-state index in [0.717, 1.165) is 5.92 Å². The summed E-state index contributed by atoms with van der Waals surface area (Å²) in [6, 6.07) is 12.2. The van der Waals surface area contributed by atoms with Crippen molar-refractivity contribution in [2.24, 2.45) is 0 Å². The summed E-state index contributed by atoms with van der Waals surface area (Å²) < 4.78 is 0. The fraction of sp³-hybridized carbons (Fsp3) is 0.474. The molecule has 1 fully saturated rings. The fourth-order valence-electron chi connectivity index (χ4n) is 3.67. The second-order valence-corrected chi connectivity index (χ2v) is 7.64. The summed E-state index contributed by atoms with van der Waals surface area (Å²) in [4.78, 5) is 3.11. The lowest BCUT2D eigenvalue weighted by molar-refractivity contribution is 0.419. The Morgan fingerprint density at radius 1 is 1.10 bits per heavy atom. The van der Waals surface area contributed by atoms with Crippen molar-refractivity contribution in [3.63, 3.8) is 0 Å². The van der Waals surface area contributed by atoms with Crippen molar-refractivity contribution >= 4 is 11.3 Å². The zero-order chi connectivity index (χ0) is 14.2. The Labute approximate surface area is 131 Å². The molecule has 1 nitrogen and oxygen atoms in total. The van der Waals surface area contributed by atoms with Crippen molar-refractivity contribution in [1.82, 2.24) is 5.32 Å². The Hall–Kier alpha value is -1.12. The first-order chi connectivity index (χ1) is 10.3. The average molecular weight is 297 g/mol. The third-order valence-electron chi connectivity index (χ3n) is 5.19. The lowest BCUT2D eigenvalue weighted by Gasteiger charge is -2.26. The van der Waals surface area contributed by atoms with Gasteiger partial charge in [-0.05, 0) is 67.8 Å². The van der Waals surface area contributed by atoms with Gasteiger partial charge in [-0.2, -0.15) is 0 Å². The number of rotatable bonds is 4. The summed E-state index contributed by atoms with van der Waals surface area (Å²) in [6.07, 6.45) is 8.09. The Morgan fingerprint density at radius 3 is 2.52 bits per heavy atom. The maximum atomic E-state index is 3.51. The zero-order valence-electron chi connectivity index (χ0n) is 12.7. The molecule has 1 heterocycles. The van der Waals surface area contributed by atoms with Crippen LogP contribution >= 0.6 is 11.3 Å². The predicted octanol–water partition coefficient (Wildman–Crippen LogP) is 4.81. The van der Waals surface area contributed by atoms with E-state index in [0.29, 0.717) is 6.04 Å².